The molecule has 0 atom stereocenters. The molecule has 0 aromatic heterocycles. The Kier molecular flexibility index (Phi) is 6.74. The molecule has 6 heteroatoms. The van der Waals surface area contributed by atoms with Gasteiger partial charge in [0, 0.05) is 26.4 Å². The zero-order valence-corrected chi connectivity index (χ0v) is 15.4. The minimum atomic E-state index is -0.469. The number of hydrogen-bond acceptors (Lipinski definition) is 6. The van der Waals surface area contributed by atoms with Crippen molar-refractivity contribution >= 4 is 18.4 Å². The first-order valence-corrected chi connectivity index (χ1v) is 8.31. The molecule has 2 aromatic carbocycles. The van der Waals surface area contributed by atoms with Crippen LogP contribution in [0, 0.1) is 6.92 Å². The number of methoxy groups -OCH3 is 1. The number of esters is 1. The van der Waals surface area contributed by atoms with Gasteiger partial charge in [-0.05, 0) is 49.1 Å². The van der Waals surface area contributed by atoms with Gasteiger partial charge in [-0.1, -0.05) is 12.1 Å². The van der Waals surface area contributed by atoms with Gasteiger partial charge in [-0.15, -0.1) is 0 Å². The van der Waals surface area contributed by atoms with Gasteiger partial charge in [0.15, 0.2) is 0 Å². The van der Waals surface area contributed by atoms with Crippen LogP contribution in [0.1, 0.15) is 27.9 Å². The van der Waals surface area contributed by atoms with Crippen molar-refractivity contribution < 1.29 is 19.4 Å². The lowest BCUT2D eigenvalue weighted by Crippen LogP contribution is -2.11. The Balaban J connectivity index is 2.36. The number of ether oxygens (including phenoxy) is 2. The lowest BCUT2D eigenvalue weighted by molar-refractivity contribution is 0.0598. The Hall–Kier alpha value is -2.86. The van der Waals surface area contributed by atoms with E-state index in [1.165, 1.54) is 7.11 Å². The highest BCUT2D eigenvalue weighted by molar-refractivity contribution is 5.93. The van der Waals surface area contributed by atoms with Gasteiger partial charge in [0.1, 0.15) is 17.1 Å². The molecule has 2 rings (SSSR count). The third kappa shape index (κ3) is 4.61. The summed E-state index contributed by atoms with van der Waals surface area (Å²) >= 11 is 0. The number of benzene rings is 2. The molecule has 2 aromatic rings. The van der Waals surface area contributed by atoms with Crippen molar-refractivity contribution in [2.45, 2.75) is 19.8 Å². The lowest BCUT2D eigenvalue weighted by Gasteiger charge is -2.19. The van der Waals surface area contributed by atoms with Gasteiger partial charge < -0.3 is 14.6 Å². The normalized spacial score (nSPS) is 10.3. The van der Waals surface area contributed by atoms with E-state index < -0.39 is 5.97 Å². The topological polar surface area (TPSA) is 71.4 Å². The molecular formula is C20H24N2O4. The van der Waals surface area contributed by atoms with Crippen molar-refractivity contribution in [2.24, 2.45) is 5.10 Å². The van der Waals surface area contributed by atoms with Crippen LogP contribution < -0.4 is 9.75 Å². The van der Waals surface area contributed by atoms with E-state index in [0.717, 1.165) is 29.7 Å². The fourth-order valence-electron chi connectivity index (χ4n) is 2.59. The van der Waals surface area contributed by atoms with Crippen molar-refractivity contribution in [1.29, 1.82) is 0 Å². The maximum atomic E-state index is 12.1. The van der Waals surface area contributed by atoms with E-state index in [0.29, 0.717) is 17.1 Å². The fraction of sp³-hybridized carbons (Fsp3) is 0.300. The van der Waals surface area contributed by atoms with E-state index in [-0.39, 0.29) is 6.61 Å². The third-order valence-electron chi connectivity index (χ3n) is 4.04. The predicted octanol–water partition coefficient (Wildman–Crippen LogP) is 3.55. The van der Waals surface area contributed by atoms with E-state index in [1.54, 1.807) is 24.2 Å². The third-order valence-corrected chi connectivity index (χ3v) is 4.04. The molecule has 0 aliphatic heterocycles. The van der Waals surface area contributed by atoms with Crippen LogP contribution in [0.25, 0.3) is 0 Å². The Morgan fingerprint density at radius 1 is 1.27 bits per heavy atom. The minimum Gasteiger partial charge on any atom is -0.465 e. The van der Waals surface area contributed by atoms with Crippen molar-refractivity contribution in [3.8, 4) is 11.5 Å². The van der Waals surface area contributed by atoms with E-state index in [2.05, 4.69) is 11.8 Å². The van der Waals surface area contributed by atoms with Gasteiger partial charge in [-0.3, -0.25) is 5.01 Å². The molecule has 0 fully saturated rings. The maximum Gasteiger partial charge on any atom is 0.341 e. The highest BCUT2D eigenvalue weighted by atomic mass is 16.5. The summed E-state index contributed by atoms with van der Waals surface area (Å²) in [7, 11) is 3.11. The summed E-state index contributed by atoms with van der Waals surface area (Å²) in [5.41, 5.74) is 3.09. The van der Waals surface area contributed by atoms with E-state index in [9.17, 15) is 4.79 Å². The average Bonchev–Trinajstić information content (AvgIpc) is 2.67. The number of aliphatic hydroxyl groups excluding tert-OH is 1. The van der Waals surface area contributed by atoms with Crippen LogP contribution in [-0.2, 0) is 11.2 Å². The maximum absolute atomic E-state index is 12.1. The number of hydrogen-bond donors (Lipinski definition) is 1. The molecule has 0 unspecified atom stereocenters. The highest BCUT2D eigenvalue weighted by Crippen LogP contribution is 2.33. The van der Waals surface area contributed by atoms with Crippen molar-refractivity contribution in [2.75, 3.05) is 25.8 Å². The Morgan fingerprint density at radius 3 is 2.54 bits per heavy atom. The minimum absolute atomic E-state index is 0.164. The van der Waals surface area contributed by atoms with E-state index in [4.69, 9.17) is 14.6 Å². The molecule has 138 valence electrons. The molecule has 6 nitrogen and oxygen atoms in total. The zero-order valence-electron chi connectivity index (χ0n) is 15.4. The number of nitrogens with zero attached hydrogens (tertiary/aromatic N) is 2. The smallest absolute Gasteiger partial charge is 0.341 e. The van der Waals surface area contributed by atoms with Crippen molar-refractivity contribution in [3.63, 3.8) is 0 Å². The van der Waals surface area contributed by atoms with Crippen LogP contribution in [0.5, 0.6) is 11.5 Å². The first-order valence-electron chi connectivity index (χ1n) is 8.31. The summed E-state index contributed by atoms with van der Waals surface area (Å²) in [6, 6.07) is 11.0. The standard InChI is InChI=1S/C20H24N2O4/c1-14-12-17(20(24)25-4)19(13-18(14)22(3)21-2)26-16-9-7-15(8-10-16)6-5-11-23/h7-10,12-13,23H,2,5-6,11H2,1,3-4H3. The summed E-state index contributed by atoms with van der Waals surface area (Å²) in [5.74, 6) is 0.520. The Bertz CT molecular complexity index is 772. The summed E-state index contributed by atoms with van der Waals surface area (Å²) in [6.45, 7) is 5.57. The van der Waals surface area contributed by atoms with Crippen LogP contribution in [-0.4, -0.2) is 38.6 Å². The predicted molar refractivity (Wildman–Crippen MR) is 102 cm³/mol. The Morgan fingerprint density at radius 2 is 1.96 bits per heavy atom. The molecule has 0 radical (unpaired) electrons. The second-order valence-corrected chi connectivity index (χ2v) is 5.86. The molecule has 0 saturated heterocycles. The number of anilines is 1. The Labute approximate surface area is 153 Å². The van der Waals surface area contributed by atoms with Gasteiger partial charge in [0.2, 0.25) is 0 Å². The monoisotopic (exact) mass is 356 g/mol. The number of aryl methyl sites for hydroxylation is 2. The van der Waals surface area contributed by atoms with Crippen LogP contribution in [0.2, 0.25) is 0 Å². The molecule has 0 aliphatic rings. The molecule has 0 saturated carbocycles. The molecule has 26 heavy (non-hydrogen) atoms. The van der Waals surface area contributed by atoms with Crippen LogP contribution in [0.3, 0.4) is 0 Å². The van der Waals surface area contributed by atoms with Crippen molar-refractivity contribution in [3.05, 3.63) is 53.1 Å². The number of hydrazone groups is 1. The largest absolute Gasteiger partial charge is 0.465 e. The van der Waals surface area contributed by atoms with E-state index >= 15 is 0 Å². The van der Waals surface area contributed by atoms with E-state index in [1.807, 2.05) is 31.2 Å². The first-order chi connectivity index (χ1) is 12.5. The highest BCUT2D eigenvalue weighted by Gasteiger charge is 2.18. The van der Waals surface area contributed by atoms with Crippen molar-refractivity contribution in [1.82, 2.24) is 0 Å². The van der Waals surface area contributed by atoms with Gasteiger partial charge in [0.25, 0.3) is 0 Å². The molecule has 0 bridgehead atoms. The molecule has 1 N–H and O–H groups in total. The average molecular weight is 356 g/mol. The molecule has 0 amide bonds. The molecular weight excluding hydrogens is 332 g/mol. The second-order valence-electron chi connectivity index (χ2n) is 5.86. The molecule has 0 aliphatic carbocycles. The van der Waals surface area contributed by atoms with Crippen LogP contribution >= 0.6 is 0 Å². The van der Waals surface area contributed by atoms with Crippen LogP contribution in [0.15, 0.2) is 41.5 Å². The first kappa shape index (κ1) is 19.5. The lowest BCUT2D eigenvalue weighted by atomic mass is 10.1. The number of carbonyl (C=O) groups excluding carboxylic acids is 1. The number of rotatable bonds is 8. The van der Waals surface area contributed by atoms with Crippen LogP contribution in [0.4, 0.5) is 5.69 Å². The summed E-state index contributed by atoms with van der Waals surface area (Å²) in [6.07, 6.45) is 1.52. The van der Waals surface area contributed by atoms with Gasteiger partial charge in [-0.2, -0.15) is 5.10 Å². The molecule has 0 spiro atoms. The number of aliphatic hydroxyl groups is 1. The summed E-state index contributed by atoms with van der Waals surface area (Å²) in [5, 5.41) is 14.4. The van der Waals surface area contributed by atoms with Gasteiger partial charge >= 0.3 is 5.97 Å². The summed E-state index contributed by atoms with van der Waals surface area (Å²) < 4.78 is 10.8. The fourth-order valence-corrected chi connectivity index (χ4v) is 2.59. The van der Waals surface area contributed by atoms with Gasteiger partial charge in [0.05, 0.1) is 12.8 Å². The molecule has 0 heterocycles. The number of carbonyl (C=O) groups is 1. The SMILES string of the molecule is C=NN(C)c1cc(Oc2ccc(CCCO)cc2)c(C(=O)OC)cc1C. The second kappa shape index (κ2) is 9.01. The quantitative estimate of drug-likeness (QED) is 0.445. The summed E-state index contributed by atoms with van der Waals surface area (Å²) in [4.78, 5) is 12.1. The zero-order chi connectivity index (χ0) is 19.1. The van der Waals surface area contributed by atoms with Gasteiger partial charge in [-0.25, -0.2) is 4.79 Å².